The smallest absolute Gasteiger partial charge is 0.339 e. The molecule has 0 bridgehead atoms. The van der Waals surface area contributed by atoms with Gasteiger partial charge in [0.1, 0.15) is 5.75 Å². The van der Waals surface area contributed by atoms with Gasteiger partial charge in [-0.25, -0.2) is 4.79 Å². The molecule has 0 fully saturated rings. The Morgan fingerprint density at radius 1 is 0.600 bits per heavy atom. The van der Waals surface area contributed by atoms with Gasteiger partial charge in [0.2, 0.25) is 0 Å². The third-order valence-electron chi connectivity index (χ3n) is 5.11. The Bertz CT molecular complexity index is 1050. The van der Waals surface area contributed by atoms with Gasteiger partial charge in [0.25, 0.3) is 0 Å². The third kappa shape index (κ3) is 3.70. The number of ether oxygens (including phenoxy) is 2. The highest BCUT2D eigenvalue weighted by molar-refractivity contribution is 5.90. The van der Waals surface area contributed by atoms with Crippen LogP contribution in [0.4, 0.5) is 0 Å². The van der Waals surface area contributed by atoms with Crippen LogP contribution in [-0.2, 0) is 10.3 Å². The lowest BCUT2D eigenvalue weighted by atomic mass is 9.80. The van der Waals surface area contributed by atoms with E-state index in [-0.39, 0.29) is 5.97 Å². The van der Waals surface area contributed by atoms with Crippen LogP contribution in [-0.4, -0.2) is 13.1 Å². The van der Waals surface area contributed by atoms with Crippen molar-refractivity contribution >= 4 is 5.97 Å². The number of methoxy groups -OCH3 is 1. The molecule has 0 N–H and O–H groups in total. The van der Waals surface area contributed by atoms with Crippen LogP contribution >= 0.6 is 0 Å². The van der Waals surface area contributed by atoms with E-state index in [1.807, 2.05) is 103 Å². The molecule has 3 heteroatoms. The summed E-state index contributed by atoms with van der Waals surface area (Å²) < 4.78 is 11.7. The molecule has 0 aromatic heterocycles. The maximum atomic E-state index is 13.3. The predicted octanol–water partition coefficient (Wildman–Crippen LogP) is 5.84. The zero-order valence-electron chi connectivity index (χ0n) is 16.7. The van der Waals surface area contributed by atoms with E-state index in [2.05, 4.69) is 0 Å². The van der Waals surface area contributed by atoms with E-state index in [1.54, 1.807) is 19.2 Å². The minimum Gasteiger partial charge on any atom is -0.497 e. The maximum absolute atomic E-state index is 13.3. The van der Waals surface area contributed by atoms with Crippen LogP contribution in [0.25, 0.3) is 0 Å². The lowest BCUT2D eigenvalue weighted by molar-refractivity contribution is 0.0141. The topological polar surface area (TPSA) is 35.5 Å². The first-order chi connectivity index (χ1) is 14.7. The fraction of sp³-hybridized carbons (Fsp3) is 0.0741. The molecule has 0 radical (unpaired) electrons. The third-order valence-corrected chi connectivity index (χ3v) is 5.11. The molecule has 0 saturated heterocycles. The Hall–Kier alpha value is -3.85. The number of rotatable bonds is 6. The number of esters is 1. The van der Waals surface area contributed by atoms with E-state index in [4.69, 9.17) is 9.47 Å². The molecule has 30 heavy (non-hydrogen) atoms. The summed E-state index contributed by atoms with van der Waals surface area (Å²) in [5.41, 5.74) is 1.96. The largest absolute Gasteiger partial charge is 0.497 e. The fourth-order valence-corrected chi connectivity index (χ4v) is 3.62. The molecule has 0 aliphatic rings. The van der Waals surface area contributed by atoms with E-state index < -0.39 is 5.60 Å². The van der Waals surface area contributed by atoms with Crippen LogP contribution in [0, 0.1) is 0 Å². The Morgan fingerprint density at radius 3 is 1.50 bits per heavy atom. The lowest BCUT2D eigenvalue weighted by Crippen LogP contribution is -2.35. The SMILES string of the molecule is COc1ccc(C(OC(=O)c2ccccc2)(c2ccccc2)c2ccccc2)cc1. The van der Waals surface area contributed by atoms with Crippen LogP contribution in [0.5, 0.6) is 5.75 Å². The highest BCUT2D eigenvalue weighted by Gasteiger charge is 2.40. The van der Waals surface area contributed by atoms with Gasteiger partial charge >= 0.3 is 5.97 Å². The summed E-state index contributed by atoms with van der Waals surface area (Å²) in [4.78, 5) is 13.3. The van der Waals surface area contributed by atoms with E-state index in [9.17, 15) is 4.79 Å². The molecule has 4 rings (SSSR count). The number of hydrogen-bond acceptors (Lipinski definition) is 3. The zero-order chi connectivity index (χ0) is 20.8. The average Bonchev–Trinajstić information content (AvgIpc) is 2.84. The monoisotopic (exact) mass is 394 g/mol. The molecule has 0 spiro atoms. The second-order valence-electron chi connectivity index (χ2n) is 6.90. The Balaban J connectivity index is 1.94. The summed E-state index contributed by atoms with van der Waals surface area (Å²) in [6, 6.07) is 36.3. The minimum absolute atomic E-state index is 0.390. The first kappa shape index (κ1) is 19.5. The molecule has 0 aliphatic carbocycles. The standard InChI is InChI=1S/C27H22O3/c1-29-25-19-17-24(18-20-25)27(22-13-7-3-8-14-22,23-15-9-4-10-16-23)30-26(28)21-11-5-2-6-12-21/h2-20H,1H3. The van der Waals surface area contributed by atoms with Crippen LogP contribution < -0.4 is 4.74 Å². The van der Waals surface area contributed by atoms with E-state index >= 15 is 0 Å². The van der Waals surface area contributed by atoms with Crippen LogP contribution in [0.2, 0.25) is 0 Å². The first-order valence-corrected chi connectivity index (χ1v) is 9.78. The Labute approximate surface area is 176 Å². The molecule has 0 saturated carbocycles. The number of carbonyl (C=O) groups is 1. The zero-order valence-corrected chi connectivity index (χ0v) is 16.7. The molecule has 3 nitrogen and oxygen atoms in total. The first-order valence-electron chi connectivity index (χ1n) is 9.78. The summed E-state index contributed by atoms with van der Waals surface area (Å²) in [5.74, 6) is 0.349. The van der Waals surface area contributed by atoms with Crippen molar-refractivity contribution in [1.29, 1.82) is 0 Å². The molecular formula is C27H22O3. The molecule has 0 atom stereocenters. The molecule has 0 heterocycles. The van der Waals surface area contributed by atoms with E-state index in [1.165, 1.54) is 0 Å². The van der Waals surface area contributed by atoms with Crippen molar-refractivity contribution in [2.24, 2.45) is 0 Å². The van der Waals surface area contributed by atoms with Gasteiger partial charge in [-0.15, -0.1) is 0 Å². The van der Waals surface area contributed by atoms with Gasteiger partial charge in [0, 0.05) is 16.7 Å². The predicted molar refractivity (Wildman–Crippen MR) is 118 cm³/mol. The molecule has 148 valence electrons. The summed E-state index contributed by atoms with van der Waals surface area (Å²) in [6.07, 6.45) is 0. The minimum atomic E-state index is -1.11. The van der Waals surface area contributed by atoms with Gasteiger partial charge in [-0.2, -0.15) is 0 Å². The van der Waals surface area contributed by atoms with E-state index in [0.717, 1.165) is 22.4 Å². The second kappa shape index (κ2) is 8.66. The van der Waals surface area contributed by atoms with Gasteiger partial charge in [-0.3, -0.25) is 0 Å². The van der Waals surface area contributed by atoms with Crippen LogP contribution in [0.1, 0.15) is 27.0 Å². The van der Waals surface area contributed by atoms with Gasteiger partial charge in [0.15, 0.2) is 5.60 Å². The van der Waals surface area contributed by atoms with Crippen molar-refractivity contribution in [3.8, 4) is 5.75 Å². The van der Waals surface area contributed by atoms with E-state index in [0.29, 0.717) is 5.56 Å². The van der Waals surface area contributed by atoms with Crippen molar-refractivity contribution in [3.05, 3.63) is 138 Å². The highest BCUT2D eigenvalue weighted by atomic mass is 16.6. The normalized spacial score (nSPS) is 11.0. The average molecular weight is 394 g/mol. The van der Waals surface area contributed by atoms with Crippen molar-refractivity contribution in [2.45, 2.75) is 5.60 Å². The maximum Gasteiger partial charge on any atom is 0.339 e. The highest BCUT2D eigenvalue weighted by Crippen LogP contribution is 2.41. The fourth-order valence-electron chi connectivity index (χ4n) is 3.62. The molecule has 4 aromatic carbocycles. The molecular weight excluding hydrogens is 372 g/mol. The van der Waals surface area contributed by atoms with Crippen molar-refractivity contribution in [2.75, 3.05) is 7.11 Å². The summed E-state index contributed by atoms with van der Waals surface area (Å²) in [7, 11) is 1.63. The summed E-state index contributed by atoms with van der Waals surface area (Å²) in [5, 5.41) is 0. The van der Waals surface area contributed by atoms with Gasteiger partial charge < -0.3 is 9.47 Å². The molecule has 0 amide bonds. The molecule has 0 aliphatic heterocycles. The van der Waals surface area contributed by atoms with Crippen molar-refractivity contribution < 1.29 is 14.3 Å². The van der Waals surface area contributed by atoms with Gasteiger partial charge in [-0.1, -0.05) is 91.0 Å². The summed E-state index contributed by atoms with van der Waals surface area (Å²) >= 11 is 0. The van der Waals surface area contributed by atoms with Gasteiger partial charge in [0.05, 0.1) is 12.7 Å². The van der Waals surface area contributed by atoms with Crippen LogP contribution in [0.15, 0.2) is 115 Å². The number of hydrogen-bond donors (Lipinski definition) is 0. The van der Waals surface area contributed by atoms with Crippen molar-refractivity contribution in [3.63, 3.8) is 0 Å². The number of benzene rings is 4. The Morgan fingerprint density at radius 2 is 1.03 bits per heavy atom. The molecule has 4 aromatic rings. The Kier molecular flexibility index (Phi) is 5.62. The quantitative estimate of drug-likeness (QED) is 0.304. The number of carbonyl (C=O) groups excluding carboxylic acids is 1. The molecule has 0 unspecified atom stereocenters. The second-order valence-corrected chi connectivity index (χ2v) is 6.90. The van der Waals surface area contributed by atoms with Crippen LogP contribution in [0.3, 0.4) is 0 Å². The summed E-state index contributed by atoms with van der Waals surface area (Å²) in [6.45, 7) is 0. The van der Waals surface area contributed by atoms with Gasteiger partial charge in [-0.05, 0) is 24.3 Å². The lowest BCUT2D eigenvalue weighted by Gasteiger charge is -2.35. The van der Waals surface area contributed by atoms with Crippen molar-refractivity contribution in [1.82, 2.24) is 0 Å².